The highest BCUT2D eigenvalue weighted by Gasteiger charge is 2.36. The van der Waals surface area contributed by atoms with Crippen LogP contribution in [0.2, 0.25) is 0 Å². The zero-order valence-corrected chi connectivity index (χ0v) is 15.1. The van der Waals surface area contributed by atoms with Gasteiger partial charge in [0.25, 0.3) is 5.91 Å². The Morgan fingerprint density at radius 3 is 2.88 bits per heavy atom. The summed E-state index contributed by atoms with van der Waals surface area (Å²) < 4.78 is 10.4. The van der Waals surface area contributed by atoms with Gasteiger partial charge < -0.3 is 19.4 Å². The largest absolute Gasteiger partial charge is 0.467 e. The predicted octanol–water partition coefficient (Wildman–Crippen LogP) is 1.87. The molecule has 0 radical (unpaired) electrons. The fourth-order valence-electron chi connectivity index (χ4n) is 3.71. The number of hydrogen-bond acceptors (Lipinski definition) is 5. The monoisotopic (exact) mass is 362 g/mol. The minimum absolute atomic E-state index is 0.108. The van der Waals surface area contributed by atoms with Crippen LogP contribution in [0.3, 0.4) is 0 Å². The maximum atomic E-state index is 12.2. The maximum Gasteiger partial charge on any atom is 0.311 e. The molecule has 2 amide bonds. The molecule has 26 heavy (non-hydrogen) atoms. The van der Waals surface area contributed by atoms with E-state index in [-0.39, 0.29) is 30.9 Å². The molecule has 0 aromatic carbocycles. The first-order valence-corrected chi connectivity index (χ1v) is 9.29. The zero-order chi connectivity index (χ0) is 18.5. The SMILES string of the molecule is C[C@H]1CCCC[C@@H]1NC(=O)COC(=O)[C@@H]1CC(=O)N(Cc2ccco2)C1. The number of esters is 1. The van der Waals surface area contributed by atoms with E-state index >= 15 is 0 Å². The molecule has 0 unspecified atom stereocenters. The van der Waals surface area contributed by atoms with Gasteiger partial charge in [-0.3, -0.25) is 14.4 Å². The Hall–Kier alpha value is -2.31. The summed E-state index contributed by atoms with van der Waals surface area (Å²) in [5, 5.41) is 2.96. The van der Waals surface area contributed by atoms with Crippen molar-refractivity contribution < 1.29 is 23.5 Å². The molecule has 2 heterocycles. The van der Waals surface area contributed by atoms with Crippen molar-refractivity contribution in [1.82, 2.24) is 10.2 Å². The quantitative estimate of drug-likeness (QED) is 0.781. The van der Waals surface area contributed by atoms with Crippen LogP contribution in [0.25, 0.3) is 0 Å². The van der Waals surface area contributed by atoms with Crippen molar-refractivity contribution in [3.05, 3.63) is 24.2 Å². The van der Waals surface area contributed by atoms with Crippen LogP contribution in [0.5, 0.6) is 0 Å². The lowest BCUT2D eigenvalue weighted by molar-refractivity contribution is -0.152. The zero-order valence-electron chi connectivity index (χ0n) is 15.1. The summed E-state index contributed by atoms with van der Waals surface area (Å²) in [6.07, 6.45) is 6.06. The summed E-state index contributed by atoms with van der Waals surface area (Å²) in [6.45, 7) is 2.48. The lowest BCUT2D eigenvalue weighted by atomic mass is 9.86. The second-order valence-electron chi connectivity index (χ2n) is 7.30. The summed E-state index contributed by atoms with van der Waals surface area (Å²) in [5.41, 5.74) is 0. The molecule has 0 bridgehead atoms. The number of ether oxygens (including phenoxy) is 1. The van der Waals surface area contributed by atoms with Crippen LogP contribution >= 0.6 is 0 Å². The third kappa shape index (κ3) is 4.65. The molecule has 3 rings (SSSR count). The summed E-state index contributed by atoms with van der Waals surface area (Å²) in [4.78, 5) is 37.9. The van der Waals surface area contributed by atoms with Gasteiger partial charge in [0.15, 0.2) is 6.61 Å². The number of nitrogens with zero attached hydrogens (tertiary/aromatic N) is 1. The molecular weight excluding hydrogens is 336 g/mol. The average Bonchev–Trinajstić information content (AvgIpc) is 3.25. The number of amides is 2. The van der Waals surface area contributed by atoms with E-state index in [9.17, 15) is 14.4 Å². The highest BCUT2D eigenvalue weighted by molar-refractivity contribution is 5.88. The van der Waals surface area contributed by atoms with Gasteiger partial charge >= 0.3 is 5.97 Å². The second-order valence-corrected chi connectivity index (χ2v) is 7.30. The van der Waals surface area contributed by atoms with Crippen LogP contribution in [0.15, 0.2) is 22.8 Å². The van der Waals surface area contributed by atoms with Crippen molar-refractivity contribution in [3.63, 3.8) is 0 Å². The minimum Gasteiger partial charge on any atom is -0.467 e. The fourth-order valence-corrected chi connectivity index (χ4v) is 3.71. The highest BCUT2D eigenvalue weighted by Crippen LogP contribution is 2.24. The number of rotatable bonds is 6. The lowest BCUT2D eigenvalue weighted by Crippen LogP contribution is -2.43. The molecule has 142 valence electrons. The van der Waals surface area contributed by atoms with Gasteiger partial charge in [0, 0.05) is 19.0 Å². The van der Waals surface area contributed by atoms with Gasteiger partial charge in [-0.2, -0.15) is 0 Å². The first kappa shape index (κ1) is 18.5. The van der Waals surface area contributed by atoms with Crippen molar-refractivity contribution in [2.24, 2.45) is 11.8 Å². The summed E-state index contributed by atoms with van der Waals surface area (Å²) in [5.74, 6) is -0.275. The molecular formula is C19H26N2O5. The van der Waals surface area contributed by atoms with Crippen molar-refractivity contribution in [3.8, 4) is 0 Å². The van der Waals surface area contributed by atoms with Gasteiger partial charge in [0.05, 0.1) is 18.7 Å². The third-order valence-electron chi connectivity index (χ3n) is 5.28. The first-order chi connectivity index (χ1) is 12.5. The topological polar surface area (TPSA) is 88.8 Å². The second kappa shape index (κ2) is 8.38. The summed E-state index contributed by atoms with van der Waals surface area (Å²) >= 11 is 0. The molecule has 7 heteroatoms. The molecule has 3 atom stereocenters. The highest BCUT2D eigenvalue weighted by atomic mass is 16.5. The van der Waals surface area contributed by atoms with Crippen LogP contribution < -0.4 is 5.32 Å². The van der Waals surface area contributed by atoms with Crippen LogP contribution in [0, 0.1) is 11.8 Å². The number of carbonyl (C=O) groups excluding carboxylic acids is 3. The Morgan fingerprint density at radius 2 is 2.15 bits per heavy atom. The van der Waals surface area contributed by atoms with Crippen LogP contribution in [0.1, 0.15) is 44.8 Å². The Balaban J connectivity index is 1.42. The average molecular weight is 362 g/mol. The Kier molecular flexibility index (Phi) is 5.96. The van der Waals surface area contributed by atoms with Gasteiger partial charge in [-0.15, -0.1) is 0 Å². The fraction of sp³-hybridized carbons (Fsp3) is 0.632. The molecule has 1 saturated carbocycles. The van der Waals surface area contributed by atoms with E-state index in [0.717, 1.165) is 19.3 Å². The van der Waals surface area contributed by atoms with Crippen molar-refractivity contribution >= 4 is 17.8 Å². The standard InChI is InChI=1S/C19H26N2O5/c1-13-5-2-3-7-16(13)20-17(22)12-26-19(24)14-9-18(23)21(10-14)11-15-6-4-8-25-15/h4,6,8,13-14,16H,2-3,5,7,9-12H2,1H3,(H,20,22)/t13-,14+,16-/m0/s1. The first-order valence-electron chi connectivity index (χ1n) is 9.29. The number of nitrogens with one attached hydrogen (secondary N) is 1. The smallest absolute Gasteiger partial charge is 0.311 e. The molecule has 2 aliphatic rings. The molecule has 7 nitrogen and oxygen atoms in total. The molecule has 1 N–H and O–H groups in total. The maximum absolute atomic E-state index is 12.2. The third-order valence-corrected chi connectivity index (χ3v) is 5.28. The molecule has 0 spiro atoms. The van der Waals surface area contributed by atoms with Crippen LogP contribution in [0.4, 0.5) is 0 Å². The number of likely N-dealkylation sites (tertiary alicyclic amines) is 1. The van der Waals surface area contributed by atoms with Crippen molar-refractivity contribution in [1.29, 1.82) is 0 Å². The summed E-state index contributed by atoms with van der Waals surface area (Å²) in [7, 11) is 0. The minimum atomic E-state index is -0.529. The summed E-state index contributed by atoms with van der Waals surface area (Å²) in [6, 6.07) is 3.70. The number of furan rings is 1. The Labute approximate surface area is 153 Å². The van der Waals surface area contributed by atoms with E-state index in [1.165, 1.54) is 6.42 Å². The normalized spacial score (nSPS) is 26.0. The van der Waals surface area contributed by atoms with Crippen LogP contribution in [-0.2, 0) is 25.7 Å². The van der Waals surface area contributed by atoms with E-state index in [4.69, 9.17) is 9.15 Å². The molecule has 2 fully saturated rings. The van der Waals surface area contributed by atoms with Gasteiger partial charge in [-0.05, 0) is 30.9 Å². The van der Waals surface area contributed by atoms with Crippen molar-refractivity contribution in [2.45, 2.75) is 51.6 Å². The van der Waals surface area contributed by atoms with E-state index in [1.807, 2.05) is 0 Å². The molecule has 1 aromatic heterocycles. The Bertz CT molecular complexity index is 642. The van der Waals surface area contributed by atoms with Gasteiger partial charge in [0.1, 0.15) is 5.76 Å². The van der Waals surface area contributed by atoms with Crippen LogP contribution in [-0.4, -0.2) is 41.9 Å². The molecule has 1 aliphatic carbocycles. The molecule has 1 aliphatic heterocycles. The number of carbonyl (C=O) groups is 3. The van der Waals surface area contributed by atoms with E-state index < -0.39 is 11.9 Å². The van der Waals surface area contributed by atoms with Gasteiger partial charge in [-0.1, -0.05) is 19.8 Å². The Morgan fingerprint density at radius 1 is 1.35 bits per heavy atom. The lowest BCUT2D eigenvalue weighted by Gasteiger charge is -2.29. The van der Waals surface area contributed by atoms with E-state index in [0.29, 0.717) is 24.8 Å². The molecule has 1 aromatic rings. The predicted molar refractivity (Wildman–Crippen MR) is 92.8 cm³/mol. The van der Waals surface area contributed by atoms with E-state index in [2.05, 4.69) is 12.2 Å². The van der Waals surface area contributed by atoms with Gasteiger partial charge in [-0.25, -0.2) is 0 Å². The number of hydrogen-bond donors (Lipinski definition) is 1. The van der Waals surface area contributed by atoms with E-state index in [1.54, 1.807) is 23.3 Å². The van der Waals surface area contributed by atoms with Gasteiger partial charge in [0.2, 0.25) is 5.91 Å². The molecule has 1 saturated heterocycles. The van der Waals surface area contributed by atoms with Crippen molar-refractivity contribution in [2.75, 3.05) is 13.2 Å².